The zero-order valence-corrected chi connectivity index (χ0v) is 28.7. The predicted octanol–water partition coefficient (Wildman–Crippen LogP) is 5.69. The standard InChI is InChI=1S/C39H42FN7O4/c1-24-21-46(22-25(2)42-24)23-28-10-9-27(17-36(28)48)26-6-5-8-33(16-26)51-39-34(18-29(40)20-41-39)37(49)43-30-11-13-31(14-12-30)44-38(50)35-19-32-7-3-4-15-47(32)45-35/h3-10,15-20,24-25,30-31,42,48H,11-14,21-23H2,1-2H3,(H,43,49)(H,44,50)/t24-,25+,30?,31?. The molecule has 0 radical (unpaired) electrons. The number of rotatable bonds is 9. The Kier molecular flexibility index (Phi) is 9.96. The smallest absolute Gasteiger partial charge is 0.272 e. The van der Waals surface area contributed by atoms with Crippen molar-refractivity contribution in [1.82, 2.24) is 35.4 Å². The number of carbonyl (C=O) groups excluding carboxylic acids is 2. The van der Waals surface area contributed by atoms with Crippen LogP contribution < -0.4 is 20.7 Å². The number of nitrogens with one attached hydrogen (secondary N) is 3. The monoisotopic (exact) mass is 691 g/mol. The molecule has 3 aromatic heterocycles. The van der Waals surface area contributed by atoms with Gasteiger partial charge in [0.05, 0.1) is 11.7 Å². The van der Waals surface area contributed by atoms with Gasteiger partial charge in [-0.1, -0.05) is 30.3 Å². The van der Waals surface area contributed by atoms with Crippen molar-refractivity contribution >= 4 is 17.3 Å². The number of nitrogens with zero attached hydrogens (tertiary/aromatic N) is 4. The number of fused-ring (bicyclic) bond motifs is 1. The van der Waals surface area contributed by atoms with Crippen LogP contribution in [0, 0.1) is 5.82 Å². The lowest BCUT2D eigenvalue weighted by atomic mass is 9.91. The maximum atomic E-state index is 14.4. The molecule has 0 bridgehead atoms. The van der Waals surface area contributed by atoms with Crippen molar-refractivity contribution in [2.75, 3.05) is 13.1 Å². The highest BCUT2D eigenvalue weighted by Crippen LogP contribution is 2.32. The Bertz CT molecular complexity index is 2000. The van der Waals surface area contributed by atoms with Crippen LogP contribution in [-0.4, -0.2) is 73.7 Å². The Morgan fingerprint density at radius 1 is 0.902 bits per heavy atom. The van der Waals surface area contributed by atoms with Gasteiger partial charge >= 0.3 is 0 Å². The second-order valence-electron chi connectivity index (χ2n) is 13.7. The lowest BCUT2D eigenvalue weighted by Crippen LogP contribution is -2.53. The molecule has 4 N–H and O–H groups in total. The van der Waals surface area contributed by atoms with Crippen LogP contribution in [0.15, 0.2) is 85.2 Å². The molecule has 1 saturated carbocycles. The van der Waals surface area contributed by atoms with Gasteiger partial charge in [-0.3, -0.25) is 14.5 Å². The molecule has 12 heteroatoms. The third kappa shape index (κ3) is 8.19. The van der Waals surface area contributed by atoms with Gasteiger partial charge in [-0.15, -0.1) is 0 Å². The second-order valence-corrected chi connectivity index (χ2v) is 13.7. The number of phenolic OH excluding ortho intramolecular Hbond substituents is 1. The first-order valence-electron chi connectivity index (χ1n) is 17.5. The van der Waals surface area contributed by atoms with Gasteiger partial charge < -0.3 is 25.8 Å². The molecular weight excluding hydrogens is 649 g/mol. The first-order valence-corrected chi connectivity index (χ1v) is 17.5. The minimum Gasteiger partial charge on any atom is -0.508 e. The average molecular weight is 692 g/mol. The van der Waals surface area contributed by atoms with Gasteiger partial charge in [0.15, 0.2) is 5.69 Å². The fourth-order valence-electron chi connectivity index (χ4n) is 7.16. The van der Waals surface area contributed by atoms with E-state index in [0.717, 1.165) is 47.6 Å². The number of aromatic nitrogens is 3. The van der Waals surface area contributed by atoms with Crippen molar-refractivity contribution < 1.29 is 23.8 Å². The number of halogens is 1. The third-order valence-electron chi connectivity index (χ3n) is 9.56. The van der Waals surface area contributed by atoms with Crippen LogP contribution in [0.1, 0.15) is 65.9 Å². The molecule has 11 nitrogen and oxygen atoms in total. The number of ether oxygens (including phenoxy) is 1. The first-order chi connectivity index (χ1) is 24.7. The van der Waals surface area contributed by atoms with E-state index in [1.807, 2.05) is 42.5 Å². The average Bonchev–Trinajstić information content (AvgIpc) is 3.55. The van der Waals surface area contributed by atoms with Crippen molar-refractivity contribution in [3.63, 3.8) is 0 Å². The SMILES string of the molecule is C[C@@H]1CN(Cc2ccc(-c3cccc(Oc4ncc(F)cc4C(=O)NC4CCC(NC(=O)c5cc6ccccn6n5)CC4)c3)cc2O)C[C@H](C)N1. The van der Waals surface area contributed by atoms with E-state index in [9.17, 15) is 19.1 Å². The van der Waals surface area contributed by atoms with E-state index in [1.165, 1.54) is 0 Å². The topological polar surface area (TPSA) is 133 Å². The van der Waals surface area contributed by atoms with Crippen LogP contribution in [0.3, 0.4) is 0 Å². The summed E-state index contributed by atoms with van der Waals surface area (Å²) in [4.78, 5) is 32.7. The third-order valence-corrected chi connectivity index (χ3v) is 9.56. The minimum absolute atomic E-state index is 0.0128. The highest BCUT2D eigenvalue weighted by molar-refractivity contribution is 5.96. The lowest BCUT2D eigenvalue weighted by molar-refractivity contribution is 0.0887. The molecule has 2 fully saturated rings. The van der Waals surface area contributed by atoms with Crippen LogP contribution >= 0.6 is 0 Å². The van der Waals surface area contributed by atoms with Crippen LogP contribution in [0.2, 0.25) is 0 Å². The summed E-state index contributed by atoms with van der Waals surface area (Å²) >= 11 is 0. The molecule has 7 rings (SSSR count). The molecule has 4 heterocycles. The van der Waals surface area contributed by atoms with Crippen molar-refractivity contribution in [2.24, 2.45) is 0 Å². The highest BCUT2D eigenvalue weighted by Gasteiger charge is 2.27. The predicted molar refractivity (Wildman–Crippen MR) is 191 cm³/mol. The molecule has 1 aliphatic heterocycles. The van der Waals surface area contributed by atoms with Crippen molar-refractivity contribution in [2.45, 2.75) is 70.2 Å². The van der Waals surface area contributed by atoms with Crippen LogP contribution in [0.5, 0.6) is 17.4 Å². The summed E-state index contributed by atoms with van der Waals surface area (Å²) in [6, 6.07) is 22.0. The van der Waals surface area contributed by atoms with Crippen LogP contribution in [0.4, 0.5) is 4.39 Å². The molecule has 1 saturated heterocycles. The van der Waals surface area contributed by atoms with Crippen LogP contribution in [0.25, 0.3) is 16.6 Å². The highest BCUT2D eigenvalue weighted by atomic mass is 19.1. The Balaban J connectivity index is 0.967. The number of amides is 2. The Morgan fingerprint density at radius 2 is 1.63 bits per heavy atom. The second kappa shape index (κ2) is 14.9. The largest absolute Gasteiger partial charge is 0.508 e. The number of aromatic hydroxyl groups is 1. The molecule has 0 spiro atoms. The van der Waals surface area contributed by atoms with Crippen molar-refractivity contribution in [3.8, 4) is 28.5 Å². The molecule has 0 unspecified atom stereocenters. The number of carbonyl (C=O) groups is 2. The zero-order valence-electron chi connectivity index (χ0n) is 28.7. The number of piperazine rings is 1. The molecule has 51 heavy (non-hydrogen) atoms. The molecule has 1 aliphatic carbocycles. The quantitative estimate of drug-likeness (QED) is 0.155. The molecule has 2 aliphatic rings. The van der Waals surface area contributed by atoms with Gasteiger partial charge in [-0.05, 0) is 93.1 Å². The van der Waals surface area contributed by atoms with E-state index in [2.05, 4.69) is 44.8 Å². The number of benzene rings is 2. The fourth-order valence-corrected chi connectivity index (χ4v) is 7.16. The Labute approximate surface area is 295 Å². The van der Waals surface area contributed by atoms with Gasteiger partial charge in [0, 0.05) is 55.6 Å². The Hall–Kier alpha value is -5.33. The first kappa shape index (κ1) is 34.1. The fraction of sp³-hybridized carbons (Fsp3) is 0.333. The summed E-state index contributed by atoms with van der Waals surface area (Å²) in [7, 11) is 0. The van der Waals surface area contributed by atoms with Gasteiger partial charge in [-0.25, -0.2) is 13.9 Å². The molecule has 264 valence electrons. The van der Waals surface area contributed by atoms with Crippen LogP contribution in [-0.2, 0) is 6.54 Å². The maximum absolute atomic E-state index is 14.4. The maximum Gasteiger partial charge on any atom is 0.272 e. The van der Waals surface area contributed by atoms with E-state index in [-0.39, 0.29) is 35.2 Å². The van der Waals surface area contributed by atoms with E-state index in [0.29, 0.717) is 55.8 Å². The van der Waals surface area contributed by atoms with E-state index in [1.54, 1.807) is 35.0 Å². The minimum atomic E-state index is -0.653. The summed E-state index contributed by atoms with van der Waals surface area (Å²) < 4.78 is 22.1. The van der Waals surface area contributed by atoms with Gasteiger partial charge in [0.2, 0.25) is 5.88 Å². The summed E-state index contributed by atoms with van der Waals surface area (Å²) in [6.45, 7) is 6.82. The van der Waals surface area contributed by atoms with E-state index >= 15 is 0 Å². The molecular formula is C39H42FN7O4. The molecule has 2 aromatic carbocycles. The number of hydrogen-bond acceptors (Lipinski definition) is 8. The number of phenols is 1. The van der Waals surface area contributed by atoms with Gasteiger partial charge in [0.1, 0.15) is 22.9 Å². The van der Waals surface area contributed by atoms with Crippen molar-refractivity contribution in [1.29, 1.82) is 0 Å². The number of pyridine rings is 2. The van der Waals surface area contributed by atoms with Crippen molar-refractivity contribution in [3.05, 3.63) is 108 Å². The molecule has 2 atom stereocenters. The Morgan fingerprint density at radius 3 is 2.35 bits per heavy atom. The summed E-state index contributed by atoms with van der Waals surface area (Å²) in [5, 5.41) is 24.9. The molecule has 2 amide bonds. The van der Waals surface area contributed by atoms with Gasteiger partial charge in [-0.2, -0.15) is 5.10 Å². The van der Waals surface area contributed by atoms with Gasteiger partial charge in [0.25, 0.3) is 11.8 Å². The normalized spacial score (nSPS) is 20.9. The summed E-state index contributed by atoms with van der Waals surface area (Å²) in [6.07, 6.45) is 5.44. The van der Waals surface area contributed by atoms with E-state index < -0.39 is 11.7 Å². The van der Waals surface area contributed by atoms with E-state index in [4.69, 9.17) is 4.74 Å². The molecule has 5 aromatic rings. The zero-order chi connectivity index (χ0) is 35.5. The lowest BCUT2D eigenvalue weighted by Gasteiger charge is -2.36. The summed E-state index contributed by atoms with van der Waals surface area (Å²) in [5.41, 5.74) is 3.65. The summed E-state index contributed by atoms with van der Waals surface area (Å²) in [5.74, 6) is -0.752. The number of hydrogen-bond donors (Lipinski definition) is 4.